The molecule has 14 heteroatoms. The number of anilines is 1. The number of nitrogens with one attached hydrogen (secondary N) is 1. The minimum atomic E-state index is -0.0267. The Morgan fingerprint density at radius 2 is 1.69 bits per heavy atom. The lowest BCUT2D eigenvalue weighted by Crippen LogP contribution is -2.42. The van der Waals surface area contributed by atoms with Gasteiger partial charge in [-0.1, -0.05) is 18.2 Å². The van der Waals surface area contributed by atoms with Gasteiger partial charge in [-0.2, -0.15) is 15.5 Å². The third kappa shape index (κ3) is 9.47. The normalized spacial score (nSPS) is 19.5. The summed E-state index contributed by atoms with van der Waals surface area (Å²) in [5, 5.41) is 24.5. The summed E-state index contributed by atoms with van der Waals surface area (Å²) >= 11 is 0. The van der Waals surface area contributed by atoms with Crippen molar-refractivity contribution in [1.29, 1.82) is 5.26 Å². The molecular formula is C53H60N10O4. The maximum absolute atomic E-state index is 13.3. The summed E-state index contributed by atoms with van der Waals surface area (Å²) in [5.74, 6) is 1.94. The Labute approximate surface area is 392 Å². The summed E-state index contributed by atoms with van der Waals surface area (Å²) in [6.07, 6.45) is 14.5. The number of hydrogen-bond donors (Lipinski definition) is 1. The topological polar surface area (TPSA) is 147 Å². The molecule has 6 heterocycles. The molecule has 0 spiro atoms. The number of ether oxygens (including phenoxy) is 2. The van der Waals surface area contributed by atoms with Crippen LogP contribution in [0.2, 0.25) is 0 Å². The van der Waals surface area contributed by atoms with E-state index in [1.165, 1.54) is 16.9 Å². The number of aryl methyl sites for hydroxylation is 1. The van der Waals surface area contributed by atoms with Gasteiger partial charge in [-0.25, -0.2) is 0 Å². The first-order valence-electron chi connectivity index (χ1n) is 24.1. The van der Waals surface area contributed by atoms with Gasteiger partial charge in [-0.3, -0.25) is 23.9 Å². The van der Waals surface area contributed by atoms with Crippen LogP contribution in [0, 0.1) is 17.2 Å². The van der Waals surface area contributed by atoms with Crippen molar-refractivity contribution in [3.05, 3.63) is 108 Å². The van der Waals surface area contributed by atoms with E-state index in [0.717, 1.165) is 130 Å². The molecule has 2 saturated heterocycles. The molecule has 0 atom stereocenters. The second-order valence-electron chi connectivity index (χ2n) is 19.0. The lowest BCUT2D eigenvalue weighted by molar-refractivity contribution is -0.129. The van der Waals surface area contributed by atoms with E-state index in [2.05, 4.69) is 67.4 Å². The summed E-state index contributed by atoms with van der Waals surface area (Å²) in [5.41, 5.74) is 8.71. The van der Waals surface area contributed by atoms with Gasteiger partial charge < -0.3 is 29.5 Å². The summed E-state index contributed by atoms with van der Waals surface area (Å²) in [4.78, 5) is 37.9. The number of fused-ring (bicyclic) bond motifs is 2. The Kier molecular flexibility index (Phi) is 12.7. The first-order chi connectivity index (χ1) is 32.7. The zero-order valence-electron chi connectivity index (χ0n) is 38.9. The number of amides is 2. The van der Waals surface area contributed by atoms with Crippen LogP contribution >= 0.6 is 0 Å². The van der Waals surface area contributed by atoms with Gasteiger partial charge in [0.25, 0.3) is 5.91 Å². The van der Waals surface area contributed by atoms with Crippen LogP contribution in [-0.4, -0.2) is 105 Å². The van der Waals surface area contributed by atoms with Crippen molar-refractivity contribution in [3.63, 3.8) is 0 Å². The van der Waals surface area contributed by atoms with Gasteiger partial charge in [-0.05, 0) is 105 Å². The molecule has 1 saturated carbocycles. The summed E-state index contributed by atoms with van der Waals surface area (Å²) in [6, 6.07) is 24.5. The molecule has 67 heavy (non-hydrogen) atoms. The number of nitriles is 1. The number of methoxy groups -OCH3 is 1. The smallest absolute Gasteiger partial charge is 0.251 e. The van der Waals surface area contributed by atoms with E-state index in [1.54, 1.807) is 30.8 Å². The van der Waals surface area contributed by atoms with Crippen LogP contribution in [0.3, 0.4) is 0 Å². The van der Waals surface area contributed by atoms with Crippen molar-refractivity contribution in [2.24, 2.45) is 13.0 Å². The molecule has 4 aliphatic rings. The lowest BCUT2D eigenvalue weighted by atomic mass is 9.92. The lowest BCUT2D eigenvalue weighted by Gasteiger charge is -2.39. The third-order valence-corrected chi connectivity index (χ3v) is 14.7. The number of piperidine rings is 2. The molecule has 3 aromatic heterocycles. The average Bonchev–Trinajstić information content (AvgIpc) is 3.98. The van der Waals surface area contributed by atoms with Crippen molar-refractivity contribution >= 4 is 28.3 Å². The predicted molar refractivity (Wildman–Crippen MR) is 258 cm³/mol. The molecule has 0 bridgehead atoms. The molecule has 1 N–H and O–H groups in total. The van der Waals surface area contributed by atoms with Gasteiger partial charge >= 0.3 is 0 Å². The minimum absolute atomic E-state index is 0.0267. The number of hydrogen-bond acceptors (Lipinski definition) is 10. The van der Waals surface area contributed by atoms with Crippen LogP contribution in [0.4, 0.5) is 5.69 Å². The molecule has 14 nitrogen and oxygen atoms in total. The molecule has 346 valence electrons. The molecule has 0 radical (unpaired) electrons. The number of carbonyl (C=O) groups is 2. The van der Waals surface area contributed by atoms with E-state index >= 15 is 0 Å². The first-order valence-corrected chi connectivity index (χ1v) is 24.1. The van der Waals surface area contributed by atoms with E-state index in [9.17, 15) is 14.9 Å². The average molecular weight is 901 g/mol. The maximum Gasteiger partial charge on any atom is 0.251 e. The Bertz CT molecular complexity index is 2790. The van der Waals surface area contributed by atoms with Crippen LogP contribution < -0.4 is 19.7 Å². The number of likely N-dealkylation sites (tertiary alicyclic amines) is 1. The number of rotatable bonds is 11. The van der Waals surface area contributed by atoms with Crippen LogP contribution in [0.5, 0.6) is 11.5 Å². The van der Waals surface area contributed by atoms with Crippen molar-refractivity contribution in [3.8, 4) is 40.1 Å². The Hall–Kier alpha value is -6.72. The molecule has 3 aromatic carbocycles. The highest BCUT2D eigenvalue weighted by atomic mass is 16.5. The molecular weight excluding hydrogens is 841 g/mol. The second kappa shape index (κ2) is 19.2. The molecule has 6 aromatic rings. The van der Waals surface area contributed by atoms with E-state index < -0.39 is 0 Å². The fourth-order valence-corrected chi connectivity index (χ4v) is 10.9. The van der Waals surface area contributed by atoms with Gasteiger partial charge in [0.2, 0.25) is 5.91 Å². The molecule has 2 amide bonds. The maximum atomic E-state index is 13.3. The van der Waals surface area contributed by atoms with E-state index in [0.29, 0.717) is 41.1 Å². The predicted octanol–water partition coefficient (Wildman–Crippen LogP) is 7.96. The molecule has 1 aliphatic carbocycles. The van der Waals surface area contributed by atoms with E-state index in [1.807, 2.05) is 48.7 Å². The van der Waals surface area contributed by atoms with Crippen molar-refractivity contribution < 1.29 is 19.1 Å². The number of benzene rings is 3. The Morgan fingerprint density at radius 3 is 2.40 bits per heavy atom. The largest absolute Gasteiger partial charge is 0.495 e. The zero-order chi connectivity index (χ0) is 46.0. The van der Waals surface area contributed by atoms with Crippen LogP contribution in [-0.2, 0) is 24.8 Å². The van der Waals surface area contributed by atoms with Gasteiger partial charge in [0, 0.05) is 130 Å². The number of pyridine rings is 1. The van der Waals surface area contributed by atoms with Crippen molar-refractivity contribution in [1.82, 2.24) is 39.7 Å². The first kappa shape index (κ1) is 44.1. The van der Waals surface area contributed by atoms with Crippen LogP contribution in [0.1, 0.15) is 91.5 Å². The van der Waals surface area contributed by atoms with Crippen LogP contribution in [0.25, 0.3) is 33.3 Å². The molecule has 3 aliphatic heterocycles. The van der Waals surface area contributed by atoms with Gasteiger partial charge in [0.1, 0.15) is 17.6 Å². The summed E-state index contributed by atoms with van der Waals surface area (Å²) in [7, 11) is 3.47. The van der Waals surface area contributed by atoms with Crippen LogP contribution in [0.15, 0.2) is 85.3 Å². The third-order valence-electron chi connectivity index (χ3n) is 14.7. The highest BCUT2D eigenvalue weighted by Crippen LogP contribution is 2.38. The molecule has 3 fully saturated rings. The van der Waals surface area contributed by atoms with Gasteiger partial charge in [0.05, 0.1) is 42.4 Å². The zero-order valence-corrected chi connectivity index (χ0v) is 38.9. The number of carbonyl (C=O) groups excluding carboxylic acids is 2. The SMILES string of the molecule is COc1cc(OC2CCC(NC(=O)c3ccc(N4CCC(CN5CCC(n6nc(-c7cccc8cc(-c9cnn(C)c9)ncc78)c7c6CCN(C(C)=O)C7)CC5)CC4)cc3)CC2)ccc1C#N. The van der Waals surface area contributed by atoms with Crippen molar-refractivity contribution in [2.75, 3.05) is 51.3 Å². The Morgan fingerprint density at radius 1 is 0.896 bits per heavy atom. The fraction of sp³-hybridized carbons (Fsp3) is 0.434. The standard InChI is InChI=1S/C53H60N10O4/c1-35(64)62-26-21-50-48(34-62)52(46-6-4-5-38-27-49(55-31-47(38)46)40-30-56-59(2)33-40)58-63(50)43-19-22-60(23-20-43)32-36-17-24-61(25-18-36)42-12-7-37(8-13-42)53(65)57-41-10-15-44(16-11-41)67-45-14-9-39(29-54)51(28-45)66-3/h4-9,12-14,27-28,30-31,33,36,41,43-44H,10-11,15-26,32,34H2,1-3H3,(H,57,65). The van der Waals surface area contributed by atoms with E-state index in [-0.39, 0.29) is 24.0 Å². The monoisotopic (exact) mass is 900 g/mol. The molecule has 10 rings (SSSR count). The highest BCUT2D eigenvalue weighted by Gasteiger charge is 2.33. The quantitative estimate of drug-likeness (QED) is 0.136. The minimum Gasteiger partial charge on any atom is -0.495 e. The van der Waals surface area contributed by atoms with Gasteiger partial charge in [0.15, 0.2) is 0 Å². The number of aromatic nitrogens is 5. The molecule has 0 unspecified atom stereocenters. The Balaban J connectivity index is 0.710. The highest BCUT2D eigenvalue weighted by molar-refractivity contribution is 5.97. The number of nitrogens with zero attached hydrogens (tertiary/aromatic N) is 9. The fourth-order valence-electron chi connectivity index (χ4n) is 10.9. The van der Waals surface area contributed by atoms with Crippen molar-refractivity contribution in [2.45, 2.75) is 89.4 Å². The summed E-state index contributed by atoms with van der Waals surface area (Å²) < 4.78 is 15.7. The summed E-state index contributed by atoms with van der Waals surface area (Å²) in [6.45, 7) is 8.22. The van der Waals surface area contributed by atoms with E-state index in [4.69, 9.17) is 19.6 Å². The van der Waals surface area contributed by atoms with Gasteiger partial charge in [-0.15, -0.1) is 0 Å². The second-order valence-corrected chi connectivity index (χ2v) is 19.0.